The smallest absolute Gasteiger partial charge is 0.244 e. The highest BCUT2D eigenvalue weighted by atomic mass is 32.2. The normalized spacial score (nSPS) is 12.8. The van der Waals surface area contributed by atoms with Gasteiger partial charge in [-0.15, -0.1) is 0 Å². The fourth-order valence-corrected chi connectivity index (χ4v) is 5.52. The van der Waals surface area contributed by atoms with E-state index in [2.05, 4.69) is 5.32 Å². The number of hydrogen-bond acceptors (Lipinski definition) is 4. The number of benzene rings is 3. The Morgan fingerprint density at radius 1 is 0.900 bits per heavy atom. The number of anilines is 1. The first kappa shape index (κ1) is 30.8. The van der Waals surface area contributed by atoms with Crippen LogP contribution in [0.15, 0.2) is 72.8 Å². The highest BCUT2D eigenvalue weighted by Gasteiger charge is 2.34. The molecule has 3 aromatic rings. The third kappa shape index (κ3) is 8.14. The van der Waals surface area contributed by atoms with Gasteiger partial charge in [-0.25, -0.2) is 12.8 Å². The largest absolute Gasteiger partial charge is 0.352 e. The molecule has 2 atom stereocenters. The molecule has 0 saturated heterocycles. The van der Waals surface area contributed by atoms with E-state index in [9.17, 15) is 22.4 Å². The van der Waals surface area contributed by atoms with Crippen LogP contribution in [0.4, 0.5) is 10.1 Å². The molecule has 0 fully saturated rings. The molecule has 9 heteroatoms. The maximum absolute atomic E-state index is 14.1. The molecule has 0 bridgehead atoms. The van der Waals surface area contributed by atoms with Crippen LogP contribution in [0.25, 0.3) is 0 Å². The Labute approximate surface area is 237 Å². The van der Waals surface area contributed by atoms with E-state index in [4.69, 9.17) is 0 Å². The topological polar surface area (TPSA) is 86.8 Å². The lowest BCUT2D eigenvalue weighted by Gasteiger charge is -2.34. The Bertz CT molecular complexity index is 1390. The summed E-state index contributed by atoms with van der Waals surface area (Å²) in [6.07, 6.45) is 1.98. The van der Waals surface area contributed by atoms with Crippen LogP contribution in [0.5, 0.6) is 0 Å². The number of halogens is 1. The number of sulfonamides is 1. The molecule has 0 heterocycles. The number of rotatable bonds is 12. The fraction of sp³-hybridized carbons (Fsp3) is 0.355. The van der Waals surface area contributed by atoms with Crippen molar-refractivity contribution in [1.82, 2.24) is 10.2 Å². The van der Waals surface area contributed by atoms with Gasteiger partial charge in [0.15, 0.2) is 0 Å². The average Bonchev–Trinajstić information content (AvgIpc) is 2.90. The summed E-state index contributed by atoms with van der Waals surface area (Å²) in [6.45, 7) is 6.92. The summed E-state index contributed by atoms with van der Waals surface area (Å²) < 4.78 is 40.8. The molecule has 1 N–H and O–H groups in total. The summed E-state index contributed by atoms with van der Waals surface area (Å²) in [6, 6.07) is 19.4. The minimum atomic E-state index is -3.86. The second kappa shape index (κ2) is 13.6. The number of nitrogens with one attached hydrogen (secondary N) is 1. The molecule has 0 spiro atoms. The maximum atomic E-state index is 14.1. The molecule has 0 saturated carbocycles. The average molecular weight is 568 g/mol. The lowest BCUT2D eigenvalue weighted by molar-refractivity contribution is -0.140. The zero-order valence-electron chi connectivity index (χ0n) is 23.7. The van der Waals surface area contributed by atoms with E-state index in [1.807, 2.05) is 50.2 Å². The van der Waals surface area contributed by atoms with Crippen molar-refractivity contribution in [3.8, 4) is 0 Å². The van der Waals surface area contributed by atoms with Gasteiger partial charge in [0.2, 0.25) is 21.8 Å². The summed E-state index contributed by atoms with van der Waals surface area (Å²) in [5.41, 5.74) is 3.31. The molecular weight excluding hydrogens is 529 g/mol. The lowest BCUT2D eigenvalue weighted by atomic mass is 10.0. The Hall–Kier alpha value is -3.72. The van der Waals surface area contributed by atoms with Crippen molar-refractivity contribution in [3.05, 3.63) is 101 Å². The van der Waals surface area contributed by atoms with Crippen molar-refractivity contribution in [1.29, 1.82) is 0 Å². The Balaban J connectivity index is 2.09. The van der Waals surface area contributed by atoms with Crippen molar-refractivity contribution in [2.75, 3.05) is 17.1 Å². The van der Waals surface area contributed by atoms with Gasteiger partial charge < -0.3 is 10.2 Å². The quantitative estimate of drug-likeness (QED) is 0.342. The van der Waals surface area contributed by atoms with Crippen molar-refractivity contribution in [2.24, 2.45) is 0 Å². The zero-order chi connectivity index (χ0) is 29.4. The second-order valence-electron chi connectivity index (χ2n) is 10.2. The fourth-order valence-electron chi connectivity index (χ4n) is 4.56. The van der Waals surface area contributed by atoms with E-state index in [0.29, 0.717) is 28.8 Å². The van der Waals surface area contributed by atoms with Gasteiger partial charge in [0.1, 0.15) is 18.4 Å². The van der Waals surface area contributed by atoms with Gasteiger partial charge >= 0.3 is 0 Å². The van der Waals surface area contributed by atoms with Crippen LogP contribution < -0.4 is 9.62 Å². The van der Waals surface area contributed by atoms with Gasteiger partial charge in [0.25, 0.3) is 0 Å². The minimum absolute atomic E-state index is 0.00506. The summed E-state index contributed by atoms with van der Waals surface area (Å²) in [4.78, 5) is 29.2. The molecule has 0 aliphatic rings. The molecule has 0 aromatic heterocycles. The predicted molar refractivity (Wildman–Crippen MR) is 157 cm³/mol. The van der Waals surface area contributed by atoms with Gasteiger partial charge in [0.05, 0.1) is 11.9 Å². The minimum Gasteiger partial charge on any atom is -0.352 e. The van der Waals surface area contributed by atoms with Crippen LogP contribution in [-0.4, -0.2) is 50.0 Å². The number of aryl methyl sites for hydroxylation is 2. The molecule has 0 radical (unpaired) electrons. The van der Waals surface area contributed by atoms with Gasteiger partial charge in [-0.05, 0) is 61.6 Å². The molecule has 0 aliphatic heterocycles. The van der Waals surface area contributed by atoms with Gasteiger partial charge in [-0.3, -0.25) is 13.9 Å². The first-order valence-corrected chi connectivity index (χ1v) is 15.2. The van der Waals surface area contributed by atoms with Crippen LogP contribution in [0.3, 0.4) is 0 Å². The van der Waals surface area contributed by atoms with Crippen molar-refractivity contribution < 1.29 is 22.4 Å². The van der Waals surface area contributed by atoms with E-state index in [-0.39, 0.29) is 24.9 Å². The second-order valence-corrected chi connectivity index (χ2v) is 12.1. The molecule has 3 rings (SSSR count). The van der Waals surface area contributed by atoms with Gasteiger partial charge in [-0.1, -0.05) is 67.6 Å². The number of nitrogens with zero attached hydrogens (tertiary/aromatic N) is 2. The number of amides is 2. The van der Waals surface area contributed by atoms with Crippen molar-refractivity contribution in [2.45, 2.75) is 59.2 Å². The standard InChI is InChI=1S/C31H38FN3O4S/c1-6-24(4)33-31(37)28(19-25-13-8-7-9-14-25)34(20-26-15-17-27(32)18-16-26)29(36)21-35(40(5,38)39)30-22(2)11-10-12-23(30)3/h7-18,24,28H,6,19-21H2,1-5H3,(H,33,37)/t24-,28-/m1/s1. The van der Waals surface area contributed by atoms with Crippen LogP contribution in [0.2, 0.25) is 0 Å². The SMILES string of the molecule is CC[C@@H](C)NC(=O)[C@@H](Cc1ccccc1)N(Cc1ccc(F)cc1)C(=O)CN(c1c(C)cccc1C)S(C)(=O)=O. The predicted octanol–water partition coefficient (Wildman–Crippen LogP) is 4.76. The van der Waals surface area contributed by atoms with Crippen LogP contribution in [0, 0.1) is 19.7 Å². The summed E-state index contributed by atoms with van der Waals surface area (Å²) in [5.74, 6) is -1.31. The molecule has 3 aromatic carbocycles. The monoisotopic (exact) mass is 567 g/mol. The van der Waals surface area contributed by atoms with E-state index >= 15 is 0 Å². The van der Waals surface area contributed by atoms with Crippen molar-refractivity contribution in [3.63, 3.8) is 0 Å². The first-order chi connectivity index (χ1) is 18.9. The van der Waals surface area contributed by atoms with Gasteiger partial charge in [0, 0.05) is 19.0 Å². The van der Waals surface area contributed by atoms with E-state index in [1.165, 1.54) is 17.0 Å². The lowest BCUT2D eigenvalue weighted by Crippen LogP contribution is -2.54. The van der Waals surface area contributed by atoms with Crippen LogP contribution >= 0.6 is 0 Å². The Kier molecular flexibility index (Phi) is 10.5. The molecule has 0 aliphatic carbocycles. The van der Waals surface area contributed by atoms with Crippen LogP contribution in [-0.2, 0) is 32.6 Å². The molecule has 0 unspecified atom stereocenters. The molecular formula is C31H38FN3O4S. The number of hydrogen-bond donors (Lipinski definition) is 1. The third-order valence-corrected chi connectivity index (χ3v) is 8.02. The third-order valence-electron chi connectivity index (χ3n) is 6.91. The Morgan fingerprint density at radius 3 is 2.05 bits per heavy atom. The van der Waals surface area contributed by atoms with E-state index in [0.717, 1.165) is 16.1 Å². The van der Waals surface area contributed by atoms with Crippen molar-refractivity contribution >= 4 is 27.5 Å². The Morgan fingerprint density at radius 2 is 1.50 bits per heavy atom. The maximum Gasteiger partial charge on any atom is 0.244 e. The van der Waals surface area contributed by atoms with Gasteiger partial charge in [-0.2, -0.15) is 0 Å². The summed E-state index contributed by atoms with van der Waals surface area (Å²) in [5, 5.41) is 2.99. The number of carbonyl (C=O) groups is 2. The number of carbonyl (C=O) groups excluding carboxylic acids is 2. The molecule has 214 valence electrons. The van der Waals surface area contributed by atoms with E-state index in [1.54, 1.807) is 38.1 Å². The highest BCUT2D eigenvalue weighted by Crippen LogP contribution is 2.27. The first-order valence-electron chi connectivity index (χ1n) is 13.3. The number of para-hydroxylation sites is 1. The molecule has 7 nitrogen and oxygen atoms in total. The highest BCUT2D eigenvalue weighted by molar-refractivity contribution is 7.92. The summed E-state index contributed by atoms with van der Waals surface area (Å²) in [7, 11) is -3.86. The molecule has 2 amide bonds. The molecule has 40 heavy (non-hydrogen) atoms. The van der Waals surface area contributed by atoms with E-state index < -0.39 is 34.3 Å². The van der Waals surface area contributed by atoms with Crippen LogP contribution in [0.1, 0.15) is 42.5 Å². The summed E-state index contributed by atoms with van der Waals surface area (Å²) >= 11 is 0. The zero-order valence-corrected chi connectivity index (χ0v) is 24.5.